The van der Waals surface area contributed by atoms with Gasteiger partial charge < -0.3 is 19.6 Å². The van der Waals surface area contributed by atoms with E-state index >= 15 is 0 Å². The maximum absolute atomic E-state index is 11.5. The summed E-state index contributed by atoms with van der Waals surface area (Å²) in [4.78, 5) is 18.4. The normalized spacial score (nSPS) is 32.7. The monoisotopic (exact) mass is 325 g/mol. The summed E-state index contributed by atoms with van der Waals surface area (Å²) in [7, 11) is 0. The number of aliphatic hydroxyl groups is 1. The summed E-state index contributed by atoms with van der Waals surface area (Å²) in [6.45, 7) is 8.92. The zero-order chi connectivity index (χ0) is 16.2. The molecule has 0 saturated carbocycles. The van der Waals surface area contributed by atoms with Crippen molar-refractivity contribution in [3.63, 3.8) is 0 Å². The molecular weight excluding hydrogens is 294 g/mol. The molecule has 0 unspecified atom stereocenters. The number of likely N-dealkylation sites (tertiary alicyclic amines) is 2. The Hall–Kier alpha value is -0.690. The minimum atomic E-state index is -0.226. The fourth-order valence-corrected chi connectivity index (χ4v) is 4.34. The predicted octanol–water partition coefficient (Wildman–Crippen LogP) is 0.155. The van der Waals surface area contributed by atoms with Gasteiger partial charge in [-0.1, -0.05) is 0 Å². The summed E-state index contributed by atoms with van der Waals surface area (Å²) in [6.07, 6.45) is 3.80. The highest BCUT2D eigenvalue weighted by molar-refractivity contribution is 5.73. The lowest BCUT2D eigenvalue weighted by Crippen LogP contribution is -2.49. The van der Waals surface area contributed by atoms with E-state index in [-0.39, 0.29) is 18.1 Å². The van der Waals surface area contributed by atoms with Crippen molar-refractivity contribution < 1.29 is 14.6 Å². The first kappa shape index (κ1) is 17.1. The molecule has 3 rings (SSSR count). The van der Waals surface area contributed by atoms with Crippen LogP contribution >= 0.6 is 0 Å². The molecule has 2 atom stereocenters. The fraction of sp³-hybridized carbons (Fsp3) is 0.941. The van der Waals surface area contributed by atoms with Gasteiger partial charge in [-0.15, -0.1) is 0 Å². The van der Waals surface area contributed by atoms with Crippen LogP contribution in [0.5, 0.6) is 0 Å². The van der Waals surface area contributed by atoms with Crippen molar-refractivity contribution >= 4 is 5.91 Å². The number of ether oxygens (including phenoxy) is 1. The molecule has 132 valence electrons. The Balaban J connectivity index is 1.52. The van der Waals surface area contributed by atoms with E-state index in [1.54, 1.807) is 6.92 Å². The number of carbonyl (C=O) groups excluding carboxylic acids is 1. The molecule has 6 heteroatoms. The van der Waals surface area contributed by atoms with Gasteiger partial charge in [-0.3, -0.25) is 9.69 Å². The third-order valence-electron chi connectivity index (χ3n) is 5.81. The molecule has 0 aromatic rings. The maximum Gasteiger partial charge on any atom is 0.219 e. The van der Waals surface area contributed by atoms with Crippen molar-refractivity contribution in [2.24, 2.45) is 0 Å². The Morgan fingerprint density at radius 2 is 1.57 bits per heavy atom. The van der Waals surface area contributed by atoms with E-state index in [2.05, 4.69) is 9.80 Å². The first-order valence-electron chi connectivity index (χ1n) is 9.14. The van der Waals surface area contributed by atoms with Gasteiger partial charge in [-0.05, 0) is 25.7 Å². The van der Waals surface area contributed by atoms with Gasteiger partial charge in [-0.2, -0.15) is 0 Å². The molecular formula is C17H31N3O3. The second kappa shape index (κ2) is 7.92. The molecule has 1 amide bonds. The van der Waals surface area contributed by atoms with Crippen LogP contribution in [0.15, 0.2) is 0 Å². The maximum atomic E-state index is 11.5. The molecule has 0 aromatic heterocycles. The van der Waals surface area contributed by atoms with Crippen LogP contribution in [0.25, 0.3) is 0 Å². The molecule has 0 bridgehead atoms. The third kappa shape index (κ3) is 4.24. The van der Waals surface area contributed by atoms with E-state index in [0.717, 1.165) is 78.2 Å². The van der Waals surface area contributed by atoms with E-state index in [1.165, 1.54) is 0 Å². The lowest BCUT2D eigenvalue weighted by molar-refractivity contribution is -0.130. The van der Waals surface area contributed by atoms with Crippen molar-refractivity contribution in [3.05, 3.63) is 0 Å². The zero-order valence-corrected chi connectivity index (χ0v) is 14.3. The Kier molecular flexibility index (Phi) is 5.91. The van der Waals surface area contributed by atoms with E-state index in [4.69, 9.17) is 4.74 Å². The summed E-state index contributed by atoms with van der Waals surface area (Å²) >= 11 is 0. The molecule has 3 fully saturated rings. The highest BCUT2D eigenvalue weighted by Crippen LogP contribution is 2.24. The number of aliphatic hydroxyl groups excluding tert-OH is 1. The number of carbonyl (C=O) groups is 1. The number of amides is 1. The van der Waals surface area contributed by atoms with Gasteiger partial charge in [-0.25, -0.2) is 0 Å². The molecule has 3 aliphatic heterocycles. The minimum absolute atomic E-state index is 0.196. The molecule has 0 spiro atoms. The molecule has 3 saturated heterocycles. The summed E-state index contributed by atoms with van der Waals surface area (Å²) in [5.74, 6) is 0.196. The number of nitrogens with zero attached hydrogens (tertiary/aromatic N) is 3. The Bertz CT molecular complexity index is 393. The molecule has 0 radical (unpaired) electrons. The fourth-order valence-electron chi connectivity index (χ4n) is 4.34. The van der Waals surface area contributed by atoms with E-state index in [9.17, 15) is 9.90 Å². The van der Waals surface area contributed by atoms with Crippen LogP contribution in [-0.4, -0.2) is 96.4 Å². The first-order chi connectivity index (χ1) is 11.1. The Morgan fingerprint density at radius 3 is 2.22 bits per heavy atom. The SMILES string of the molecule is CC(=O)N1CCC(N2CC[C@H](O)[C@@H](N3CCOCC3)CC2)CC1. The smallest absolute Gasteiger partial charge is 0.219 e. The van der Waals surface area contributed by atoms with Gasteiger partial charge in [0.1, 0.15) is 0 Å². The Morgan fingerprint density at radius 1 is 0.913 bits per heavy atom. The lowest BCUT2D eigenvalue weighted by atomic mass is 10.0. The van der Waals surface area contributed by atoms with Gasteiger partial charge in [0.05, 0.1) is 19.3 Å². The van der Waals surface area contributed by atoms with Crippen LogP contribution in [-0.2, 0) is 9.53 Å². The van der Waals surface area contributed by atoms with E-state index < -0.39 is 0 Å². The standard InChI is InChI=1S/C17H31N3O3/c1-14(21)18-6-2-15(3-7-18)19-8-4-16(17(22)5-9-19)20-10-12-23-13-11-20/h15-17,22H,2-13H2,1H3/t16-,17-/m0/s1. The Labute approximate surface area is 139 Å². The molecule has 1 N–H and O–H groups in total. The zero-order valence-electron chi connectivity index (χ0n) is 14.3. The molecule has 3 heterocycles. The van der Waals surface area contributed by atoms with Crippen molar-refractivity contribution in [1.82, 2.24) is 14.7 Å². The number of rotatable bonds is 2. The number of hydrogen-bond donors (Lipinski definition) is 1. The first-order valence-corrected chi connectivity index (χ1v) is 9.14. The van der Waals surface area contributed by atoms with E-state index in [0.29, 0.717) is 6.04 Å². The second-order valence-electron chi connectivity index (χ2n) is 7.13. The summed E-state index contributed by atoms with van der Waals surface area (Å²) in [5, 5.41) is 10.6. The second-order valence-corrected chi connectivity index (χ2v) is 7.13. The van der Waals surface area contributed by atoms with Crippen LogP contribution < -0.4 is 0 Å². The van der Waals surface area contributed by atoms with Crippen molar-refractivity contribution in [2.45, 2.75) is 50.8 Å². The van der Waals surface area contributed by atoms with E-state index in [1.807, 2.05) is 4.90 Å². The number of morpholine rings is 1. The van der Waals surface area contributed by atoms with Crippen molar-refractivity contribution in [1.29, 1.82) is 0 Å². The van der Waals surface area contributed by atoms with Gasteiger partial charge >= 0.3 is 0 Å². The van der Waals surface area contributed by atoms with Gasteiger partial charge in [0.15, 0.2) is 0 Å². The van der Waals surface area contributed by atoms with Gasteiger partial charge in [0, 0.05) is 58.3 Å². The quantitative estimate of drug-likeness (QED) is 0.783. The predicted molar refractivity (Wildman–Crippen MR) is 88.3 cm³/mol. The molecule has 3 aliphatic rings. The van der Waals surface area contributed by atoms with Gasteiger partial charge in [0.2, 0.25) is 5.91 Å². The molecule has 6 nitrogen and oxygen atoms in total. The van der Waals surface area contributed by atoms with Gasteiger partial charge in [0.25, 0.3) is 0 Å². The average Bonchev–Trinajstić information content (AvgIpc) is 2.77. The summed E-state index contributed by atoms with van der Waals surface area (Å²) in [6, 6.07) is 0.849. The van der Waals surface area contributed by atoms with Crippen LogP contribution in [0.3, 0.4) is 0 Å². The van der Waals surface area contributed by atoms with Crippen LogP contribution in [0, 0.1) is 0 Å². The molecule has 0 aromatic carbocycles. The molecule has 23 heavy (non-hydrogen) atoms. The minimum Gasteiger partial charge on any atom is -0.391 e. The lowest BCUT2D eigenvalue weighted by Gasteiger charge is -2.38. The third-order valence-corrected chi connectivity index (χ3v) is 5.81. The molecule has 0 aliphatic carbocycles. The summed E-state index contributed by atoms with van der Waals surface area (Å²) < 4.78 is 5.44. The van der Waals surface area contributed by atoms with Crippen LogP contribution in [0.2, 0.25) is 0 Å². The number of hydrogen-bond acceptors (Lipinski definition) is 5. The van der Waals surface area contributed by atoms with Crippen LogP contribution in [0.4, 0.5) is 0 Å². The van der Waals surface area contributed by atoms with Crippen LogP contribution in [0.1, 0.15) is 32.6 Å². The topological polar surface area (TPSA) is 56.2 Å². The largest absolute Gasteiger partial charge is 0.391 e. The number of piperidine rings is 1. The average molecular weight is 325 g/mol. The highest BCUT2D eigenvalue weighted by Gasteiger charge is 2.33. The van der Waals surface area contributed by atoms with Crippen molar-refractivity contribution in [2.75, 3.05) is 52.5 Å². The highest BCUT2D eigenvalue weighted by atomic mass is 16.5. The van der Waals surface area contributed by atoms with Crippen molar-refractivity contribution in [3.8, 4) is 0 Å². The summed E-state index contributed by atoms with van der Waals surface area (Å²) in [5.41, 5.74) is 0.